The van der Waals surface area contributed by atoms with Crippen LogP contribution in [0.3, 0.4) is 0 Å². The molecule has 0 bridgehead atoms. The van der Waals surface area contributed by atoms with Gasteiger partial charge in [-0.2, -0.15) is 0 Å². The summed E-state index contributed by atoms with van der Waals surface area (Å²) in [7, 11) is 0. The van der Waals surface area contributed by atoms with Gasteiger partial charge >= 0.3 is 5.97 Å². The van der Waals surface area contributed by atoms with Crippen molar-refractivity contribution < 1.29 is 9.53 Å². The van der Waals surface area contributed by atoms with E-state index in [4.69, 9.17) is 11.2 Å². The minimum absolute atomic E-state index is 0.324. The van der Waals surface area contributed by atoms with E-state index in [-0.39, 0.29) is 12.1 Å². The summed E-state index contributed by atoms with van der Waals surface area (Å²) in [5, 5.41) is 0. The number of carbonyl (C=O) groups is 1. The molecule has 1 aliphatic carbocycles. The van der Waals surface area contributed by atoms with Gasteiger partial charge in [-0.25, -0.2) is 4.79 Å². The van der Waals surface area contributed by atoms with Crippen LogP contribution >= 0.6 is 0 Å². The van der Waals surface area contributed by atoms with Crippen molar-refractivity contribution in [2.45, 2.75) is 25.9 Å². The summed E-state index contributed by atoms with van der Waals surface area (Å²) in [4.78, 5) is 11.7. The molecule has 2 heteroatoms. The average Bonchev–Trinajstić information content (AvgIpc) is 3.10. The van der Waals surface area contributed by atoms with Crippen LogP contribution in [0.5, 0.6) is 0 Å². The van der Waals surface area contributed by atoms with Gasteiger partial charge in [0.05, 0.1) is 5.56 Å². The first-order chi connectivity index (χ1) is 7.70. The van der Waals surface area contributed by atoms with Crippen LogP contribution in [0.2, 0.25) is 0 Å². The highest BCUT2D eigenvalue weighted by molar-refractivity contribution is 5.89. The molecular formula is C14H14O2. The highest BCUT2D eigenvalue weighted by atomic mass is 16.5. The predicted octanol–water partition coefficient (Wildman–Crippen LogP) is 2.56. The summed E-state index contributed by atoms with van der Waals surface area (Å²) in [5.41, 5.74) is 1.68. The molecule has 0 saturated heterocycles. The number of rotatable bonds is 3. The molecule has 0 N–H and O–H groups in total. The lowest BCUT2D eigenvalue weighted by Crippen LogP contribution is -2.18. The van der Waals surface area contributed by atoms with Crippen LogP contribution in [0.15, 0.2) is 24.3 Å². The lowest BCUT2D eigenvalue weighted by molar-refractivity contribution is 0.0374. The summed E-state index contributed by atoms with van der Waals surface area (Å²) in [6.07, 6.45) is 7.12. The molecule has 1 saturated carbocycles. The molecule has 0 heterocycles. The standard InChI is InChI=1S/C14H14O2/c1-3-13(11-8-9-11)16-14(15)12-6-4-10(2)5-7-12/h1,4-7,11,13H,8-9H2,2H3. The van der Waals surface area contributed by atoms with Crippen molar-refractivity contribution in [1.82, 2.24) is 0 Å². The van der Waals surface area contributed by atoms with E-state index >= 15 is 0 Å². The van der Waals surface area contributed by atoms with E-state index in [1.807, 2.05) is 19.1 Å². The Labute approximate surface area is 95.6 Å². The Morgan fingerprint density at radius 1 is 1.44 bits per heavy atom. The number of aryl methyl sites for hydroxylation is 1. The maximum absolute atomic E-state index is 11.7. The van der Waals surface area contributed by atoms with Crippen molar-refractivity contribution in [3.8, 4) is 12.3 Å². The number of hydrogen-bond donors (Lipinski definition) is 0. The molecule has 0 spiro atoms. The van der Waals surface area contributed by atoms with Gasteiger partial charge < -0.3 is 4.74 Å². The summed E-state index contributed by atoms with van der Waals surface area (Å²) >= 11 is 0. The van der Waals surface area contributed by atoms with Gasteiger partial charge in [-0.3, -0.25) is 0 Å². The molecule has 2 rings (SSSR count). The first kappa shape index (κ1) is 10.8. The lowest BCUT2D eigenvalue weighted by Gasteiger charge is -2.11. The summed E-state index contributed by atoms with van der Waals surface area (Å²) < 4.78 is 5.27. The van der Waals surface area contributed by atoms with Crippen LogP contribution in [0.1, 0.15) is 28.8 Å². The van der Waals surface area contributed by atoms with E-state index in [9.17, 15) is 4.79 Å². The monoisotopic (exact) mass is 214 g/mol. The molecule has 1 fully saturated rings. The van der Waals surface area contributed by atoms with Crippen molar-refractivity contribution in [2.75, 3.05) is 0 Å². The molecule has 0 amide bonds. The normalized spacial score (nSPS) is 16.2. The molecule has 1 atom stereocenters. The fourth-order valence-corrected chi connectivity index (χ4v) is 1.54. The van der Waals surface area contributed by atoms with Gasteiger partial charge in [0.25, 0.3) is 0 Å². The minimum Gasteiger partial charge on any atom is -0.445 e. The zero-order valence-electron chi connectivity index (χ0n) is 9.27. The van der Waals surface area contributed by atoms with E-state index in [1.165, 1.54) is 0 Å². The second kappa shape index (κ2) is 4.40. The number of carbonyl (C=O) groups excluding carboxylic acids is 1. The molecular weight excluding hydrogens is 200 g/mol. The third kappa shape index (κ3) is 2.43. The third-order valence-electron chi connectivity index (χ3n) is 2.74. The number of esters is 1. The Morgan fingerprint density at radius 2 is 2.06 bits per heavy atom. The van der Waals surface area contributed by atoms with Crippen LogP contribution in [0.4, 0.5) is 0 Å². The quantitative estimate of drug-likeness (QED) is 0.571. The molecule has 82 valence electrons. The summed E-state index contributed by atoms with van der Waals surface area (Å²) in [5.74, 6) is 2.58. The van der Waals surface area contributed by atoms with Gasteiger partial charge in [0.1, 0.15) is 0 Å². The zero-order chi connectivity index (χ0) is 11.5. The zero-order valence-corrected chi connectivity index (χ0v) is 9.27. The lowest BCUT2D eigenvalue weighted by atomic mass is 10.1. The van der Waals surface area contributed by atoms with Crippen molar-refractivity contribution in [2.24, 2.45) is 5.92 Å². The topological polar surface area (TPSA) is 26.3 Å². The van der Waals surface area contributed by atoms with E-state index in [1.54, 1.807) is 12.1 Å². The van der Waals surface area contributed by atoms with Crippen LogP contribution < -0.4 is 0 Å². The van der Waals surface area contributed by atoms with E-state index in [2.05, 4.69) is 5.92 Å². The van der Waals surface area contributed by atoms with Gasteiger partial charge in [0.2, 0.25) is 0 Å². The Hall–Kier alpha value is -1.75. The van der Waals surface area contributed by atoms with Crippen molar-refractivity contribution >= 4 is 5.97 Å². The number of ether oxygens (including phenoxy) is 1. The Bertz CT molecular complexity index is 421. The van der Waals surface area contributed by atoms with Crippen LogP contribution in [0.25, 0.3) is 0 Å². The third-order valence-corrected chi connectivity index (χ3v) is 2.74. The largest absolute Gasteiger partial charge is 0.445 e. The highest BCUT2D eigenvalue weighted by Crippen LogP contribution is 2.34. The molecule has 16 heavy (non-hydrogen) atoms. The fraction of sp³-hybridized carbons (Fsp3) is 0.357. The van der Waals surface area contributed by atoms with Crippen molar-refractivity contribution in [3.05, 3.63) is 35.4 Å². The molecule has 2 nitrogen and oxygen atoms in total. The maximum Gasteiger partial charge on any atom is 0.339 e. The van der Waals surface area contributed by atoms with Gasteiger partial charge in [-0.1, -0.05) is 23.6 Å². The first-order valence-electron chi connectivity index (χ1n) is 5.44. The van der Waals surface area contributed by atoms with Crippen LogP contribution in [0, 0.1) is 25.2 Å². The number of terminal acetylenes is 1. The van der Waals surface area contributed by atoms with Gasteiger partial charge in [0.15, 0.2) is 6.10 Å². The van der Waals surface area contributed by atoms with E-state index in [0.717, 1.165) is 18.4 Å². The summed E-state index contributed by atoms with van der Waals surface area (Å²) in [6, 6.07) is 7.30. The van der Waals surface area contributed by atoms with E-state index in [0.29, 0.717) is 11.5 Å². The number of hydrogen-bond acceptors (Lipinski definition) is 2. The van der Waals surface area contributed by atoms with Gasteiger partial charge in [-0.15, -0.1) is 6.42 Å². The van der Waals surface area contributed by atoms with Crippen LogP contribution in [-0.2, 0) is 4.74 Å². The molecule has 0 aliphatic heterocycles. The molecule has 1 aromatic rings. The molecule has 1 aliphatic rings. The second-order valence-corrected chi connectivity index (χ2v) is 4.20. The summed E-state index contributed by atoms with van der Waals surface area (Å²) in [6.45, 7) is 1.98. The first-order valence-corrected chi connectivity index (χ1v) is 5.44. The van der Waals surface area contributed by atoms with Crippen LogP contribution in [-0.4, -0.2) is 12.1 Å². The fourth-order valence-electron chi connectivity index (χ4n) is 1.54. The molecule has 0 aromatic heterocycles. The predicted molar refractivity (Wildman–Crippen MR) is 61.9 cm³/mol. The highest BCUT2D eigenvalue weighted by Gasteiger charge is 2.32. The SMILES string of the molecule is C#CC(OC(=O)c1ccc(C)cc1)C1CC1. The second-order valence-electron chi connectivity index (χ2n) is 4.20. The maximum atomic E-state index is 11.7. The molecule has 0 radical (unpaired) electrons. The Kier molecular flexibility index (Phi) is 2.96. The van der Waals surface area contributed by atoms with E-state index < -0.39 is 0 Å². The van der Waals surface area contributed by atoms with Gasteiger partial charge in [-0.05, 0) is 31.9 Å². The molecule has 1 unspecified atom stereocenters. The van der Waals surface area contributed by atoms with Crippen molar-refractivity contribution in [1.29, 1.82) is 0 Å². The van der Waals surface area contributed by atoms with Crippen molar-refractivity contribution in [3.63, 3.8) is 0 Å². The smallest absolute Gasteiger partial charge is 0.339 e. The average molecular weight is 214 g/mol. The molecule has 1 aromatic carbocycles. The Morgan fingerprint density at radius 3 is 2.56 bits per heavy atom. The Balaban J connectivity index is 2.02. The van der Waals surface area contributed by atoms with Gasteiger partial charge in [0, 0.05) is 5.92 Å². The number of benzene rings is 1. The minimum atomic E-state index is -0.353.